The van der Waals surface area contributed by atoms with Gasteiger partial charge in [0, 0.05) is 24.5 Å². The van der Waals surface area contributed by atoms with Crippen LogP contribution in [0.15, 0.2) is 18.2 Å². The molecule has 1 aliphatic carbocycles. The highest BCUT2D eigenvalue weighted by atomic mass is 35.5. The van der Waals surface area contributed by atoms with Gasteiger partial charge in [-0.25, -0.2) is 4.39 Å². The highest BCUT2D eigenvalue weighted by Gasteiger charge is 2.30. The number of nitrogens with zero attached hydrogens (tertiary/aromatic N) is 1. The Labute approximate surface area is 123 Å². The van der Waals surface area contributed by atoms with Crippen molar-refractivity contribution < 1.29 is 13.9 Å². The van der Waals surface area contributed by atoms with Gasteiger partial charge in [-0.15, -0.1) is 11.6 Å². The molecule has 1 aromatic carbocycles. The van der Waals surface area contributed by atoms with Crippen molar-refractivity contribution in [3.63, 3.8) is 0 Å². The number of benzene rings is 1. The molecular weight excluding hydrogens is 281 g/mol. The van der Waals surface area contributed by atoms with Crippen molar-refractivity contribution in [1.82, 2.24) is 4.90 Å². The minimum absolute atomic E-state index is 0.104. The maximum Gasteiger partial charge on any atom is 0.257 e. The maximum absolute atomic E-state index is 14.0. The van der Waals surface area contributed by atoms with Crippen LogP contribution in [0.2, 0.25) is 0 Å². The highest BCUT2D eigenvalue weighted by Crippen LogP contribution is 2.27. The van der Waals surface area contributed by atoms with Crippen molar-refractivity contribution in [2.45, 2.75) is 31.7 Å². The van der Waals surface area contributed by atoms with E-state index < -0.39 is 5.82 Å². The molecule has 2 rings (SSSR count). The second-order valence-corrected chi connectivity index (χ2v) is 5.35. The van der Waals surface area contributed by atoms with Crippen LogP contribution in [0.4, 0.5) is 4.39 Å². The third kappa shape index (κ3) is 3.23. The molecule has 0 heterocycles. The summed E-state index contributed by atoms with van der Waals surface area (Å²) in [6.07, 6.45) is 3.83. The minimum Gasteiger partial charge on any atom is -0.497 e. The number of carbonyl (C=O) groups is 1. The van der Waals surface area contributed by atoms with Crippen molar-refractivity contribution in [1.29, 1.82) is 0 Å². The molecule has 20 heavy (non-hydrogen) atoms. The van der Waals surface area contributed by atoms with Crippen LogP contribution in [0.3, 0.4) is 0 Å². The summed E-state index contributed by atoms with van der Waals surface area (Å²) in [6.45, 7) is 0.582. The van der Waals surface area contributed by atoms with Gasteiger partial charge in [-0.05, 0) is 37.8 Å². The molecule has 0 radical (unpaired) electrons. The van der Waals surface area contributed by atoms with E-state index in [0.717, 1.165) is 25.7 Å². The Morgan fingerprint density at radius 3 is 2.75 bits per heavy atom. The summed E-state index contributed by atoms with van der Waals surface area (Å²) in [5.41, 5.74) is 0.104. The Morgan fingerprint density at radius 2 is 2.25 bits per heavy atom. The van der Waals surface area contributed by atoms with Gasteiger partial charge >= 0.3 is 0 Å². The predicted octanol–water partition coefficient (Wildman–Crippen LogP) is 3.46. The van der Waals surface area contributed by atoms with Gasteiger partial charge in [-0.2, -0.15) is 0 Å². The van der Waals surface area contributed by atoms with E-state index in [2.05, 4.69) is 0 Å². The van der Waals surface area contributed by atoms with Crippen molar-refractivity contribution in [3.8, 4) is 5.75 Å². The van der Waals surface area contributed by atoms with E-state index in [9.17, 15) is 9.18 Å². The largest absolute Gasteiger partial charge is 0.497 e. The van der Waals surface area contributed by atoms with Crippen LogP contribution in [-0.4, -0.2) is 36.4 Å². The molecule has 0 bridgehead atoms. The molecular formula is C15H19ClFNO2. The number of halogens is 2. The molecule has 0 aliphatic heterocycles. The zero-order valence-corrected chi connectivity index (χ0v) is 12.3. The zero-order valence-electron chi connectivity index (χ0n) is 11.6. The van der Waals surface area contributed by atoms with Gasteiger partial charge in [0.1, 0.15) is 11.6 Å². The lowest BCUT2D eigenvalue weighted by Crippen LogP contribution is -2.45. The molecule has 1 aliphatic rings. The summed E-state index contributed by atoms with van der Waals surface area (Å²) in [6, 6.07) is 4.57. The number of amides is 1. The van der Waals surface area contributed by atoms with Crippen LogP contribution in [0.25, 0.3) is 0 Å². The molecule has 0 aromatic heterocycles. The molecule has 0 spiro atoms. The van der Waals surface area contributed by atoms with Gasteiger partial charge in [-0.1, -0.05) is 0 Å². The molecule has 1 fully saturated rings. The van der Waals surface area contributed by atoms with Crippen LogP contribution in [-0.2, 0) is 0 Å². The van der Waals surface area contributed by atoms with E-state index >= 15 is 0 Å². The van der Waals surface area contributed by atoms with E-state index in [-0.39, 0.29) is 17.5 Å². The van der Waals surface area contributed by atoms with Crippen molar-refractivity contribution in [3.05, 3.63) is 29.6 Å². The van der Waals surface area contributed by atoms with E-state index in [1.807, 2.05) is 0 Å². The Kier molecular flexibility index (Phi) is 5.24. The van der Waals surface area contributed by atoms with Gasteiger partial charge in [-0.3, -0.25) is 4.79 Å². The van der Waals surface area contributed by atoms with Gasteiger partial charge in [0.25, 0.3) is 5.91 Å². The lowest BCUT2D eigenvalue weighted by atomic mass is 9.90. The normalized spacial score (nSPS) is 14.8. The fraction of sp³-hybridized carbons (Fsp3) is 0.533. The first kappa shape index (κ1) is 15.1. The fourth-order valence-corrected chi connectivity index (χ4v) is 2.45. The number of hydrogen-bond acceptors (Lipinski definition) is 2. The molecule has 1 saturated carbocycles. The van der Waals surface area contributed by atoms with Crippen LogP contribution >= 0.6 is 11.6 Å². The summed E-state index contributed by atoms with van der Waals surface area (Å²) < 4.78 is 19.0. The molecule has 110 valence electrons. The summed E-state index contributed by atoms with van der Waals surface area (Å²) in [7, 11) is 1.47. The number of methoxy groups -OCH3 is 1. The Balaban J connectivity index is 2.17. The summed E-state index contributed by atoms with van der Waals surface area (Å²) in [5.74, 6) is 0.126. The number of alkyl halides is 1. The third-order valence-corrected chi connectivity index (χ3v) is 3.98. The molecule has 5 heteroatoms. The lowest BCUT2D eigenvalue weighted by molar-refractivity contribution is 0.0576. The van der Waals surface area contributed by atoms with Crippen molar-refractivity contribution >= 4 is 17.5 Å². The minimum atomic E-state index is -0.537. The SMILES string of the molecule is COc1ccc(C(=O)N(CCCCl)C2CCC2)c(F)c1. The Bertz CT molecular complexity index is 477. The number of ether oxygens (including phenoxy) is 1. The van der Waals surface area contributed by atoms with Crippen LogP contribution in [0.5, 0.6) is 5.75 Å². The molecule has 1 aromatic rings. The van der Waals surface area contributed by atoms with Crippen LogP contribution < -0.4 is 4.74 Å². The van der Waals surface area contributed by atoms with Crippen molar-refractivity contribution in [2.24, 2.45) is 0 Å². The summed E-state index contributed by atoms with van der Waals surface area (Å²) >= 11 is 5.70. The van der Waals surface area contributed by atoms with E-state index in [1.54, 1.807) is 11.0 Å². The first-order chi connectivity index (χ1) is 9.67. The number of rotatable bonds is 6. The fourth-order valence-electron chi connectivity index (χ4n) is 2.33. The monoisotopic (exact) mass is 299 g/mol. The Morgan fingerprint density at radius 1 is 1.50 bits per heavy atom. The lowest BCUT2D eigenvalue weighted by Gasteiger charge is -2.37. The second kappa shape index (κ2) is 6.93. The molecule has 0 unspecified atom stereocenters. The number of hydrogen-bond donors (Lipinski definition) is 0. The average Bonchev–Trinajstić information content (AvgIpc) is 2.40. The quantitative estimate of drug-likeness (QED) is 0.753. The number of carbonyl (C=O) groups excluding carboxylic acids is 1. The third-order valence-electron chi connectivity index (χ3n) is 3.72. The summed E-state index contributed by atoms with van der Waals surface area (Å²) in [5, 5.41) is 0. The summed E-state index contributed by atoms with van der Waals surface area (Å²) in [4.78, 5) is 14.3. The van der Waals surface area contributed by atoms with Gasteiger partial charge in [0.15, 0.2) is 0 Å². The van der Waals surface area contributed by atoms with Gasteiger partial charge < -0.3 is 9.64 Å². The molecule has 3 nitrogen and oxygen atoms in total. The van der Waals surface area contributed by atoms with Crippen molar-refractivity contribution in [2.75, 3.05) is 19.5 Å². The highest BCUT2D eigenvalue weighted by molar-refractivity contribution is 6.17. The first-order valence-corrected chi connectivity index (χ1v) is 7.41. The average molecular weight is 300 g/mol. The van der Waals surface area contributed by atoms with Gasteiger partial charge in [0.05, 0.1) is 12.7 Å². The smallest absolute Gasteiger partial charge is 0.257 e. The van der Waals surface area contributed by atoms with Crippen LogP contribution in [0.1, 0.15) is 36.0 Å². The molecule has 1 amide bonds. The Hall–Kier alpha value is -1.29. The second-order valence-electron chi connectivity index (χ2n) is 4.97. The zero-order chi connectivity index (χ0) is 14.5. The first-order valence-electron chi connectivity index (χ1n) is 6.88. The molecule has 0 N–H and O–H groups in total. The van der Waals surface area contributed by atoms with E-state index in [1.165, 1.54) is 19.2 Å². The van der Waals surface area contributed by atoms with E-state index in [0.29, 0.717) is 18.2 Å². The van der Waals surface area contributed by atoms with Gasteiger partial charge in [0.2, 0.25) is 0 Å². The molecule has 0 saturated heterocycles. The maximum atomic E-state index is 14.0. The standard InChI is InChI=1S/C15H19ClFNO2/c1-20-12-6-7-13(14(17)10-12)15(19)18(9-3-8-16)11-4-2-5-11/h6-7,10-11H,2-5,8-9H2,1H3. The van der Waals surface area contributed by atoms with Crippen LogP contribution in [0, 0.1) is 5.82 Å². The topological polar surface area (TPSA) is 29.5 Å². The predicted molar refractivity (Wildman–Crippen MR) is 77.0 cm³/mol. The van der Waals surface area contributed by atoms with E-state index in [4.69, 9.17) is 16.3 Å². The molecule has 0 atom stereocenters.